The number of ether oxygens (including phenoxy) is 4. The van der Waals surface area contributed by atoms with E-state index in [9.17, 15) is 0 Å². The lowest BCUT2D eigenvalue weighted by Gasteiger charge is -2.32. The molecule has 0 bridgehead atoms. The summed E-state index contributed by atoms with van der Waals surface area (Å²) < 4.78 is 23.7. The summed E-state index contributed by atoms with van der Waals surface area (Å²) >= 11 is 0. The second-order valence-corrected chi connectivity index (χ2v) is 10.6. The van der Waals surface area contributed by atoms with Crippen molar-refractivity contribution in [3.63, 3.8) is 0 Å². The third kappa shape index (κ3) is 8.86. The van der Waals surface area contributed by atoms with E-state index in [0.29, 0.717) is 45.6 Å². The van der Waals surface area contributed by atoms with Crippen molar-refractivity contribution < 1.29 is 24.1 Å². The molecule has 1 heterocycles. The Morgan fingerprint density at radius 3 is 2.22 bits per heavy atom. The largest absolute Gasteiger partial charge is 0.494 e. The van der Waals surface area contributed by atoms with E-state index in [1.807, 2.05) is 18.2 Å². The van der Waals surface area contributed by atoms with Gasteiger partial charge < -0.3 is 29.4 Å². The number of nitrogens with one attached hydrogen (secondary N) is 1. The Hall–Kier alpha value is -3.26. The summed E-state index contributed by atoms with van der Waals surface area (Å²) in [6, 6.07) is 31.6. The van der Waals surface area contributed by atoms with Crippen LogP contribution in [0.1, 0.15) is 41.0 Å². The number of piperidine rings is 1. The quantitative estimate of drug-likeness (QED) is 0.176. The summed E-state index contributed by atoms with van der Waals surface area (Å²) in [5, 5.41) is 14.8. The zero-order chi connectivity index (χ0) is 28.1. The van der Waals surface area contributed by atoms with Crippen molar-refractivity contribution in [3.05, 3.63) is 113 Å². The Morgan fingerprint density at radius 2 is 1.44 bits per heavy atom. The van der Waals surface area contributed by atoms with Gasteiger partial charge in [-0.25, -0.2) is 0 Å². The second kappa shape index (κ2) is 15.7. The molecule has 5 rings (SSSR count). The maximum absolute atomic E-state index is 8.95. The van der Waals surface area contributed by atoms with Crippen molar-refractivity contribution in [2.45, 2.75) is 44.7 Å². The highest BCUT2D eigenvalue weighted by atomic mass is 16.5. The minimum Gasteiger partial charge on any atom is -0.494 e. The van der Waals surface area contributed by atoms with Gasteiger partial charge in [0.2, 0.25) is 0 Å². The first-order chi connectivity index (χ1) is 20.3. The number of benzene rings is 4. The molecule has 2 N–H and O–H groups in total. The second-order valence-electron chi connectivity index (χ2n) is 10.6. The van der Waals surface area contributed by atoms with Crippen LogP contribution in [0.2, 0.25) is 0 Å². The predicted molar refractivity (Wildman–Crippen MR) is 162 cm³/mol. The third-order valence-corrected chi connectivity index (χ3v) is 7.49. The summed E-state index contributed by atoms with van der Waals surface area (Å²) in [4.78, 5) is 0. The molecule has 1 aliphatic rings. The summed E-state index contributed by atoms with van der Waals surface area (Å²) in [5.74, 6) is 1.23. The SMILES string of the molecule is OCCOCc1ccc2ccc(CO[C@H]3CNCC[C@@H]3c3ccc(OCCCOCc4ccccc4)cc3)cc2c1. The van der Waals surface area contributed by atoms with Crippen LogP contribution in [0.3, 0.4) is 0 Å². The topological polar surface area (TPSA) is 69.2 Å². The average Bonchev–Trinajstić information content (AvgIpc) is 3.02. The number of aliphatic hydroxyl groups excluding tert-OH is 1. The van der Waals surface area contributed by atoms with Crippen molar-refractivity contribution in [2.24, 2.45) is 0 Å². The minimum atomic E-state index is 0.0375. The molecule has 6 heteroatoms. The molecule has 0 radical (unpaired) electrons. The first-order valence-corrected chi connectivity index (χ1v) is 14.7. The van der Waals surface area contributed by atoms with Crippen LogP contribution in [0, 0.1) is 0 Å². The number of hydrogen-bond donors (Lipinski definition) is 2. The summed E-state index contributed by atoms with van der Waals surface area (Å²) in [6.07, 6.45) is 2.00. The number of rotatable bonds is 15. The molecule has 4 aromatic rings. The van der Waals surface area contributed by atoms with Gasteiger partial charge in [0.25, 0.3) is 0 Å². The molecular weight excluding hydrogens is 514 g/mol. The van der Waals surface area contributed by atoms with Gasteiger partial charge in [-0.3, -0.25) is 0 Å². The van der Waals surface area contributed by atoms with Crippen molar-refractivity contribution >= 4 is 10.8 Å². The Labute approximate surface area is 243 Å². The van der Waals surface area contributed by atoms with Gasteiger partial charge in [-0.2, -0.15) is 0 Å². The summed E-state index contributed by atoms with van der Waals surface area (Å²) in [7, 11) is 0. The fraction of sp³-hybridized carbons (Fsp3) is 0.371. The van der Waals surface area contributed by atoms with Gasteiger partial charge in [0.1, 0.15) is 5.75 Å². The highest BCUT2D eigenvalue weighted by Gasteiger charge is 2.27. The molecular formula is C35H41NO5. The molecule has 41 heavy (non-hydrogen) atoms. The summed E-state index contributed by atoms with van der Waals surface area (Å²) in [5.41, 5.74) is 4.74. The molecule has 6 nitrogen and oxygen atoms in total. The molecule has 1 fully saturated rings. The van der Waals surface area contributed by atoms with Crippen LogP contribution in [-0.2, 0) is 34.0 Å². The van der Waals surface area contributed by atoms with Crippen molar-refractivity contribution in [2.75, 3.05) is 39.5 Å². The predicted octanol–water partition coefficient (Wildman–Crippen LogP) is 6.00. The lowest BCUT2D eigenvalue weighted by atomic mass is 9.87. The van der Waals surface area contributed by atoms with E-state index in [4.69, 9.17) is 24.1 Å². The fourth-order valence-electron chi connectivity index (χ4n) is 5.30. The first kappa shape index (κ1) is 29.2. The lowest BCUT2D eigenvalue weighted by molar-refractivity contribution is 0.0106. The number of fused-ring (bicyclic) bond motifs is 1. The maximum Gasteiger partial charge on any atom is 0.119 e. The Balaban J connectivity index is 1.10. The van der Waals surface area contributed by atoms with Crippen molar-refractivity contribution in [1.82, 2.24) is 5.32 Å². The van der Waals surface area contributed by atoms with Crippen LogP contribution < -0.4 is 10.1 Å². The van der Waals surface area contributed by atoms with E-state index >= 15 is 0 Å². The number of hydrogen-bond acceptors (Lipinski definition) is 6. The molecule has 2 atom stereocenters. The minimum absolute atomic E-state index is 0.0375. The van der Waals surface area contributed by atoms with Gasteiger partial charge in [-0.15, -0.1) is 0 Å². The van der Waals surface area contributed by atoms with Crippen LogP contribution >= 0.6 is 0 Å². The van der Waals surface area contributed by atoms with E-state index in [-0.39, 0.29) is 12.7 Å². The van der Waals surface area contributed by atoms with Crippen LogP contribution in [-0.4, -0.2) is 50.7 Å². The number of aliphatic hydroxyl groups is 1. The highest BCUT2D eigenvalue weighted by molar-refractivity contribution is 5.83. The molecule has 0 aliphatic carbocycles. The van der Waals surface area contributed by atoms with Gasteiger partial charge in [0.15, 0.2) is 0 Å². The van der Waals surface area contributed by atoms with Gasteiger partial charge in [-0.05, 0) is 70.3 Å². The Morgan fingerprint density at radius 1 is 0.707 bits per heavy atom. The maximum atomic E-state index is 8.95. The zero-order valence-corrected chi connectivity index (χ0v) is 23.7. The fourth-order valence-corrected chi connectivity index (χ4v) is 5.30. The van der Waals surface area contributed by atoms with Gasteiger partial charge >= 0.3 is 0 Å². The molecule has 0 unspecified atom stereocenters. The van der Waals surface area contributed by atoms with E-state index in [1.165, 1.54) is 21.9 Å². The monoisotopic (exact) mass is 555 g/mol. The standard InChI is InChI=1S/C35H41NO5/c37-17-20-39-25-28-7-9-30-10-8-29(22-32(30)21-28)26-41-35-23-36-16-15-34(35)31-11-13-33(14-12-31)40-19-4-18-38-24-27-5-2-1-3-6-27/h1-3,5-14,21-22,34-37H,4,15-20,23-26H2/t34-,35+/m1/s1. The Bertz CT molecular complexity index is 1330. The molecule has 0 amide bonds. The molecule has 4 aromatic carbocycles. The van der Waals surface area contributed by atoms with E-state index in [0.717, 1.165) is 42.8 Å². The molecule has 216 valence electrons. The van der Waals surface area contributed by atoms with Crippen LogP contribution in [0.5, 0.6) is 5.75 Å². The van der Waals surface area contributed by atoms with Crippen molar-refractivity contribution in [1.29, 1.82) is 0 Å². The van der Waals surface area contributed by atoms with E-state index in [2.05, 4.69) is 78.1 Å². The normalized spacial score (nSPS) is 17.1. The first-order valence-electron chi connectivity index (χ1n) is 14.7. The van der Waals surface area contributed by atoms with Crippen LogP contribution in [0.4, 0.5) is 0 Å². The third-order valence-electron chi connectivity index (χ3n) is 7.49. The molecule has 1 saturated heterocycles. The van der Waals surface area contributed by atoms with Crippen LogP contribution in [0.15, 0.2) is 91.0 Å². The lowest BCUT2D eigenvalue weighted by Crippen LogP contribution is -2.40. The summed E-state index contributed by atoms with van der Waals surface area (Å²) in [6.45, 7) is 5.23. The Kier molecular flexibility index (Phi) is 11.2. The highest BCUT2D eigenvalue weighted by Crippen LogP contribution is 2.30. The smallest absolute Gasteiger partial charge is 0.119 e. The average molecular weight is 556 g/mol. The molecule has 0 saturated carbocycles. The zero-order valence-electron chi connectivity index (χ0n) is 23.7. The van der Waals surface area contributed by atoms with E-state index in [1.54, 1.807) is 0 Å². The molecule has 1 aliphatic heterocycles. The van der Waals surface area contributed by atoms with Gasteiger partial charge in [0, 0.05) is 18.9 Å². The molecule has 0 spiro atoms. The van der Waals surface area contributed by atoms with Crippen molar-refractivity contribution in [3.8, 4) is 5.75 Å². The van der Waals surface area contributed by atoms with E-state index < -0.39 is 0 Å². The van der Waals surface area contributed by atoms with Gasteiger partial charge in [0.05, 0.1) is 52.4 Å². The van der Waals surface area contributed by atoms with Gasteiger partial charge in [-0.1, -0.05) is 66.7 Å². The molecule has 0 aromatic heterocycles. The van der Waals surface area contributed by atoms with Crippen LogP contribution in [0.25, 0.3) is 10.8 Å².